The van der Waals surface area contributed by atoms with E-state index in [0.717, 1.165) is 15.6 Å². The number of amides is 2. The van der Waals surface area contributed by atoms with E-state index in [-0.39, 0.29) is 18.4 Å². The van der Waals surface area contributed by atoms with Crippen molar-refractivity contribution < 1.29 is 19.1 Å². The predicted octanol–water partition coefficient (Wildman–Crippen LogP) is 4.65. The second-order valence-corrected chi connectivity index (χ2v) is 9.47. The zero-order chi connectivity index (χ0) is 22.4. The third kappa shape index (κ3) is 6.99. The molecule has 2 amide bonds. The highest BCUT2D eigenvalue weighted by Crippen LogP contribution is 2.25. The molecule has 1 fully saturated rings. The topological polar surface area (TPSA) is 59.1 Å². The summed E-state index contributed by atoms with van der Waals surface area (Å²) >= 11 is 3.49. The van der Waals surface area contributed by atoms with Crippen LogP contribution < -0.4 is 4.74 Å². The molecule has 1 aliphatic heterocycles. The zero-order valence-electron chi connectivity index (χ0n) is 18.3. The first-order valence-corrected chi connectivity index (χ1v) is 11.2. The van der Waals surface area contributed by atoms with Crippen LogP contribution >= 0.6 is 15.9 Å². The van der Waals surface area contributed by atoms with Crippen LogP contribution in [0.15, 0.2) is 53.0 Å². The maximum absolute atomic E-state index is 12.9. The Bertz CT molecular complexity index is 904. The fraction of sp³-hybridized carbons (Fsp3) is 0.417. The van der Waals surface area contributed by atoms with Crippen molar-refractivity contribution in [1.82, 2.24) is 9.80 Å². The van der Waals surface area contributed by atoms with Crippen LogP contribution in [0.25, 0.3) is 0 Å². The molecule has 31 heavy (non-hydrogen) atoms. The summed E-state index contributed by atoms with van der Waals surface area (Å²) in [4.78, 5) is 28.6. The molecule has 3 rings (SSSR count). The lowest BCUT2D eigenvalue weighted by Gasteiger charge is -2.35. The molecule has 2 aromatic rings. The molecule has 6 nitrogen and oxygen atoms in total. The first-order valence-electron chi connectivity index (χ1n) is 10.4. The van der Waals surface area contributed by atoms with Crippen LogP contribution in [0.4, 0.5) is 4.79 Å². The van der Waals surface area contributed by atoms with Crippen molar-refractivity contribution in [3.05, 3.63) is 64.1 Å². The van der Waals surface area contributed by atoms with Crippen LogP contribution in [0.2, 0.25) is 0 Å². The van der Waals surface area contributed by atoms with Crippen molar-refractivity contribution in [1.29, 1.82) is 0 Å². The lowest BCUT2D eigenvalue weighted by Crippen LogP contribution is -2.52. The lowest BCUT2D eigenvalue weighted by molar-refractivity contribution is -0.132. The molecule has 166 valence electrons. The molecule has 0 N–H and O–H groups in total. The van der Waals surface area contributed by atoms with Crippen molar-refractivity contribution in [2.75, 3.05) is 26.2 Å². The maximum Gasteiger partial charge on any atom is 0.410 e. The Kier molecular flexibility index (Phi) is 7.59. The van der Waals surface area contributed by atoms with E-state index in [1.165, 1.54) is 0 Å². The Balaban J connectivity index is 1.58. The van der Waals surface area contributed by atoms with Crippen LogP contribution in [0.3, 0.4) is 0 Å². The van der Waals surface area contributed by atoms with Crippen LogP contribution in [-0.4, -0.2) is 53.6 Å². The standard InChI is InChI=1S/C24H29BrN2O4/c1-24(2,3)31-23(29)27-13-11-26(12-14-27)22(28)16-19-15-20(25)9-10-21(19)30-17-18-7-5-4-6-8-18/h4-10,15H,11-14,16-17H2,1-3H3. The highest BCUT2D eigenvalue weighted by Gasteiger charge is 2.28. The Morgan fingerprint density at radius 1 is 0.968 bits per heavy atom. The molecule has 0 aromatic heterocycles. The van der Waals surface area contributed by atoms with Gasteiger partial charge in [-0.15, -0.1) is 0 Å². The minimum Gasteiger partial charge on any atom is -0.489 e. The van der Waals surface area contributed by atoms with E-state index in [4.69, 9.17) is 9.47 Å². The van der Waals surface area contributed by atoms with Gasteiger partial charge in [0.2, 0.25) is 5.91 Å². The van der Waals surface area contributed by atoms with Crippen molar-refractivity contribution in [2.45, 2.75) is 39.4 Å². The molecule has 2 aromatic carbocycles. The molecule has 1 saturated heterocycles. The van der Waals surface area contributed by atoms with Crippen LogP contribution in [0, 0.1) is 0 Å². The number of nitrogens with zero attached hydrogens (tertiary/aromatic N) is 2. The summed E-state index contributed by atoms with van der Waals surface area (Å²) in [5, 5.41) is 0. The van der Waals surface area contributed by atoms with Gasteiger partial charge in [0.15, 0.2) is 0 Å². The van der Waals surface area contributed by atoms with Gasteiger partial charge in [-0.25, -0.2) is 4.79 Å². The van der Waals surface area contributed by atoms with Gasteiger partial charge in [-0.05, 0) is 44.5 Å². The number of benzene rings is 2. The molecule has 0 spiro atoms. The molecule has 1 heterocycles. The molecular formula is C24H29BrN2O4. The number of carbonyl (C=O) groups excluding carboxylic acids is 2. The van der Waals surface area contributed by atoms with E-state index < -0.39 is 5.60 Å². The van der Waals surface area contributed by atoms with Crippen molar-refractivity contribution >= 4 is 27.9 Å². The van der Waals surface area contributed by atoms with E-state index in [9.17, 15) is 9.59 Å². The quantitative estimate of drug-likeness (QED) is 0.614. The van der Waals surface area contributed by atoms with E-state index in [1.807, 2.05) is 69.3 Å². The zero-order valence-corrected chi connectivity index (χ0v) is 19.9. The molecule has 0 atom stereocenters. The molecule has 0 saturated carbocycles. The summed E-state index contributed by atoms with van der Waals surface area (Å²) in [5.74, 6) is 0.722. The number of halogens is 1. The third-order valence-electron chi connectivity index (χ3n) is 4.89. The van der Waals surface area contributed by atoms with Crippen LogP contribution in [0.1, 0.15) is 31.9 Å². The monoisotopic (exact) mass is 488 g/mol. The molecule has 1 aliphatic rings. The Labute approximate surface area is 192 Å². The van der Waals surface area contributed by atoms with Gasteiger partial charge in [-0.2, -0.15) is 0 Å². The van der Waals surface area contributed by atoms with E-state index in [2.05, 4.69) is 15.9 Å². The third-order valence-corrected chi connectivity index (χ3v) is 5.38. The van der Waals surface area contributed by atoms with Gasteiger partial charge in [0.05, 0.1) is 6.42 Å². The summed E-state index contributed by atoms with van der Waals surface area (Å²) in [6, 6.07) is 15.7. The summed E-state index contributed by atoms with van der Waals surface area (Å²) < 4.78 is 12.3. The highest BCUT2D eigenvalue weighted by atomic mass is 79.9. The van der Waals surface area contributed by atoms with Crippen molar-refractivity contribution in [3.63, 3.8) is 0 Å². The molecule has 0 radical (unpaired) electrons. The average molecular weight is 489 g/mol. The van der Waals surface area contributed by atoms with Gasteiger partial charge in [0.1, 0.15) is 18.0 Å². The summed E-state index contributed by atoms with van der Waals surface area (Å²) in [7, 11) is 0. The largest absolute Gasteiger partial charge is 0.489 e. The van der Waals surface area contributed by atoms with Crippen LogP contribution in [0.5, 0.6) is 5.75 Å². The molecule has 0 aliphatic carbocycles. The molecular weight excluding hydrogens is 460 g/mol. The summed E-state index contributed by atoms with van der Waals surface area (Å²) in [6.07, 6.45) is -0.0843. The smallest absolute Gasteiger partial charge is 0.410 e. The average Bonchev–Trinajstić information content (AvgIpc) is 2.73. The normalized spacial score (nSPS) is 14.3. The Hall–Kier alpha value is -2.54. The minimum absolute atomic E-state index is 0.0199. The number of hydrogen-bond acceptors (Lipinski definition) is 4. The Morgan fingerprint density at radius 2 is 1.61 bits per heavy atom. The second kappa shape index (κ2) is 10.2. The van der Waals surface area contributed by atoms with E-state index in [1.54, 1.807) is 9.80 Å². The minimum atomic E-state index is -0.527. The van der Waals surface area contributed by atoms with Crippen molar-refractivity contribution in [3.8, 4) is 5.75 Å². The fourth-order valence-corrected chi connectivity index (χ4v) is 3.71. The second-order valence-electron chi connectivity index (χ2n) is 8.55. The number of hydrogen-bond donors (Lipinski definition) is 0. The van der Waals surface area contributed by atoms with Gasteiger partial charge in [-0.3, -0.25) is 4.79 Å². The van der Waals surface area contributed by atoms with Gasteiger partial charge in [0, 0.05) is 36.2 Å². The lowest BCUT2D eigenvalue weighted by atomic mass is 10.1. The molecule has 0 unspecified atom stereocenters. The number of ether oxygens (including phenoxy) is 2. The van der Waals surface area contributed by atoms with Gasteiger partial charge in [-0.1, -0.05) is 46.3 Å². The molecule has 0 bridgehead atoms. The number of rotatable bonds is 5. The first-order chi connectivity index (χ1) is 14.7. The van der Waals surface area contributed by atoms with Gasteiger partial charge < -0.3 is 19.3 Å². The van der Waals surface area contributed by atoms with E-state index in [0.29, 0.717) is 38.5 Å². The van der Waals surface area contributed by atoms with Crippen LogP contribution in [-0.2, 0) is 22.6 Å². The van der Waals surface area contributed by atoms with Gasteiger partial charge in [0.25, 0.3) is 0 Å². The Morgan fingerprint density at radius 3 is 2.26 bits per heavy atom. The maximum atomic E-state index is 12.9. The molecule has 7 heteroatoms. The summed E-state index contributed by atoms with van der Waals surface area (Å²) in [6.45, 7) is 7.91. The summed E-state index contributed by atoms with van der Waals surface area (Å²) in [5.41, 5.74) is 1.38. The van der Waals surface area contributed by atoms with E-state index >= 15 is 0 Å². The first kappa shape index (κ1) is 23.1. The number of piperazine rings is 1. The predicted molar refractivity (Wildman–Crippen MR) is 123 cm³/mol. The fourth-order valence-electron chi connectivity index (χ4n) is 3.30. The SMILES string of the molecule is CC(C)(C)OC(=O)N1CCN(C(=O)Cc2cc(Br)ccc2OCc2ccccc2)CC1. The highest BCUT2D eigenvalue weighted by molar-refractivity contribution is 9.10. The number of carbonyl (C=O) groups is 2. The van der Waals surface area contributed by atoms with Crippen molar-refractivity contribution in [2.24, 2.45) is 0 Å². The van der Waals surface area contributed by atoms with Gasteiger partial charge >= 0.3 is 6.09 Å².